The Balaban J connectivity index is 3.16. The average molecular weight is 222 g/mol. The zero-order chi connectivity index (χ0) is 11.0. The van der Waals surface area contributed by atoms with Gasteiger partial charge in [-0.3, -0.25) is 0 Å². The average Bonchev–Trinajstić information content (AvgIpc) is 2.02. The van der Waals surface area contributed by atoms with Crippen LogP contribution >= 0.6 is 11.6 Å². The Hall–Kier alpha value is -0.740. The van der Waals surface area contributed by atoms with E-state index in [-0.39, 0.29) is 10.7 Å². The highest BCUT2D eigenvalue weighted by molar-refractivity contribution is 6.29. The Kier molecular flexibility index (Phi) is 2.78. The predicted octanol–water partition coefficient (Wildman–Crippen LogP) is 2.60. The van der Waals surface area contributed by atoms with Crippen molar-refractivity contribution in [2.45, 2.75) is 25.4 Å². The van der Waals surface area contributed by atoms with Gasteiger partial charge in [0.05, 0.1) is 0 Å². The highest BCUT2D eigenvalue weighted by Gasteiger charge is 2.47. The maximum atomic E-state index is 13.5. The van der Waals surface area contributed by atoms with Crippen LogP contribution in [-0.2, 0) is 5.92 Å². The Morgan fingerprint density at radius 3 is 2.43 bits per heavy atom. The van der Waals surface area contributed by atoms with E-state index >= 15 is 0 Å². The Bertz CT molecular complexity index is 336. The maximum absolute atomic E-state index is 13.5. The first kappa shape index (κ1) is 11.3. The van der Waals surface area contributed by atoms with E-state index in [4.69, 9.17) is 11.6 Å². The van der Waals surface area contributed by atoms with Gasteiger partial charge in [0, 0.05) is 11.8 Å². The Morgan fingerprint density at radius 2 is 2.00 bits per heavy atom. The van der Waals surface area contributed by atoms with Crippen molar-refractivity contribution in [3.05, 3.63) is 29.0 Å². The molecule has 1 heterocycles. The molecule has 0 bridgehead atoms. The third-order valence-electron chi connectivity index (χ3n) is 1.86. The van der Waals surface area contributed by atoms with E-state index in [0.717, 1.165) is 26.0 Å². The van der Waals surface area contributed by atoms with Crippen molar-refractivity contribution in [1.29, 1.82) is 0 Å². The predicted molar refractivity (Wildman–Crippen MR) is 49.4 cm³/mol. The summed E-state index contributed by atoms with van der Waals surface area (Å²) >= 11 is 5.47. The number of hydrogen-bond acceptors (Lipinski definition) is 2. The number of rotatable bonds is 2. The summed E-state index contributed by atoms with van der Waals surface area (Å²) in [5.74, 6) is -3.35. The van der Waals surface area contributed by atoms with Gasteiger partial charge >= 0.3 is 5.92 Å². The van der Waals surface area contributed by atoms with E-state index in [1.54, 1.807) is 0 Å². The number of aromatic nitrogens is 1. The van der Waals surface area contributed by atoms with Gasteiger partial charge in [0.2, 0.25) is 0 Å². The van der Waals surface area contributed by atoms with E-state index < -0.39 is 11.5 Å². The van der Waals surface area contributed by atoms with Gasteiger partial charge in [-0.1, -0.05) is 11.6 Å². The van der Waals surface area contributed by atoms with Crippen molar-refractivity contribution >= 4 is 11.6 Å². The number of nitrogens with zero attached hydrogens (tertiary/aromatic N) is 1. The normalized spacial score (nSPS) is 13.0. The van der Waals surface area contributed by atoms with Gasteiger partial charge in [-0.2, -0.15) is 8.78 Å². The van der Waals surface area contributed by atoms with Gasteiger partial charge < -0.3 is 5.11 Å². The molecule has 1 aromatic rings. The molecule has 0 aliphatic carbocycles. The lowest BCUT2D eigenvalue weighted by Crippen LogP contribution is -2.40. The van der Waals surface area contributed by atoms with Crippen LogP contribution in [0.15, 0.2) is 18.3 Å². The molecule has 0 aliphatic heterocycles. The quantitative estimate of drug-likeness (QED) is 0.779. The fourth-order valence-corrected chi connectivity index (χ4v) is 1.12. The molecule has 0 aliphatic rings. The third-order valence-corrected chi connectivity index (χ3v) is 2.06. The van der Waals surface area contributed by atoms with Crippen LogP contribution in [0.1, 0.15) is 19.4 Å². The fraction of sp³-hybridized carbons (Fsp3) is 0.444. The molecule has 1 aromatic heterocycles. The molecule has 2 nitrogen and oxygen atoms in total. The first-order valence-electron chi connectivity index (χ1n) is 3.97. The van der Waals surface area contributed by atoms with Gasteiger partial charge in [-0.15, -0.1) is 0 Å². The van der Waals surface area contributed by atoms with Gasteiger partial charge in [-0.25, -0.2) is 4.98 Å². The van der Waals surface area contributed by atoms with Crippen molar-refractivity contribution in [2.75, 3.05) is 0 Å². The number of pyridine rings is 1. The molecule has 0 saturated carbocycles. The lowest BCUT2D eigenvalue weighted by molar-refractivity contribution is -0.168. The molecular weight excluding hydrogens is 212 g/mol. The number of aliphatic hydroxyl groups is 1. The summed E-state index contributed by atoms with van der Waals surface area (Å²) in [6.45, 7) is 2.09. The van der Waals surface area contributed by atoms with Crippen LogP contribution in [0.5, 0.6) is 0 Å². The number of alkyl halides is 2. The Labute approximate surface area is 85.5 Å². The first-order valence-corrected chi connectivity index (χ1v) is 4.35. The summed E-state index contributed by atoms with van der Waals surface area (Å²) in [5, 5.41) is 9.25. The minimum absolute atomic E-state index is 0.0218. The minimum atomic E-state index is -3.35. The summed E-state index contributed by atoms with van der Waals surface area (Å²) in [6, 6.07) is 2.17. The van der Waals surface area contributed by atoms with Crippen LogP contribution in [0.25, 0.3) is 0 Å². The smallest absolute Gasteiger partial charge is 0.300 e. The van der Waals surface area contributed by atoms with Crippen molar-refractivity contribution in [3.8, 4) is 0 Å². The second kappa shape index (κ2) is 3.44. The monoisotopic (exact) mass is 221 g/mol. The highest BCUT2D eigenvalue weighted by atomic mass is 35.5. The van der Waals surface area contributed by atoms with Gasteiger partial charge in [0.25, 0.3) is 0 Å². The maximum Gasteiger partial charge on any atom is 0.300 e. The van der Waals surface area contributed by atoms with Crippen LogP contribution in [0.3, 0.4) is 0 Å². The molecule has 14 heavy (non-hydrogen) atoms. The van der Waals surface area contributed by atoms with Crippen molar-refractivity contribution in [3.63, 3.8) is 0 Å². The van der Waals surface area contributed by atoms with Gasteiger partial charge in [0.1, 0.15) is 10.8 Å². The molecule has 0 unspecified atom stereocenters. The van der Waals surface area contributed by atoms with E-state index in [9.17, 15) is 13.9 Å². The molecular formula is C9H10ClF2NO. The largest absolute Gasteiger partial charge is 0.384 e. The first-order chi connectivity index (χ1) is 6.25. The molecule has 0 saturated heterocycles. The lowest BCUT2D eigenvalue weighted by Gasteiger charge is -2.29. The third kappa shape index (κ3) is 2.01. The molecule has 0 radical (unpaired) electrons. The SMILES string of the molecule is CC(C)(O)C(F)(F)c1ccnc(Cl)c1. The van der Waals surface area contributed by atoms with Gasteiger partial charge in [-0.05, 0) is 26.0 Å². The second-order valence-electron chi connectivity index (χ2n) is 3.50. The summed E-state index contributed by atoms with van der Waals surface area (Å²) < 4.78 is 27.0. The van der Waals surface area contributed by atoms with Crippen molar-refractivity contribution < 1.29 is 13.9 Å². The number of halogens is 3. The lowest BCUT2D eigenvalue weighted by atomic mass is 9.94. The fourth-order valence-electron chi connectivity index (χ4n) is 0.951. The van der Waals surface area contributed by atoms with Crippen LogP contribution in [0.2, 0.25) is 5.15 Å². The van der Waals surface area contributed by atoms with Crippen molar-refractivity contribution in [2.24, 2.45) is 0 Å². The molecule has 0 aromatic carbocycles. The van der Waals surface area contributed by atoms with E-state index in [2.05, 4.69) is 4.98 Å². The van der Waals surface area contributed by atoms with Crippen molar-refractivity contribution in [1.82, 2.24) is 4.98 Å². The van der Waals surface area contributed by atoms with Gasteiger partial charge in [0.15, 0.2) is 0 Å². The number of hydrogen-bond donors (Lipinski definition) is 1. The molecule has 0 atom stereocenters. The summed E-state index contributed by atoms with van der Waals surface area (Å²) in [7, 11) is 0. The molecule has 0 fully saturated rings. The molecule has 1 rings (SSSR count). The van der Waals surface area contributed by atoms with Crippen LogP contribution in [-0.4, -0.2) is 15.7 Å². The van der Waals surface area contributed by atoms with E-state index in [1.807, 2.05) is 0 Å². The van der Waals surface area contributed by atoms with E-state index in [1.165, 1.54) is 6.20 Å². The van der Waals surface area contributed by atoms with Crippen LogP contribution in [0, 0.1) is 0 Å². The summed E-state index contributed by atoms with van der Waals surface area (Å²) in [6.07, 6.45) is 1.18. The van der Waals surface area contributed by atoms with E-state index in [0.29, 0.717) is 0 Å². The second-order valence-corrected chi connectivity index (χ2v) is 3.89. The zero-order valence-electron chi connectivity index (χ0n) is 7.76. The van der Waals surface area contributed by atoms with Crippen LogP contribution < -0.4 is 0 Å². The highest BCUT2D eigenvalue weighted by Crippen LogP contribution is 2.38. The molecule has 0 amide bonds. The Morgan fingerprint density at radius 1 is 1.43 bits per heavy atom. The topological polar surface area (TPSA) is 33.1 Å². The standard InChI is InChI=1S/C9H10ClF2NO/c1-8(2,14)9(11,12)6-3-4-13-7(10)5-6/h3-5,14H,1-2H3. The zero-order valence-corrected chi connectivity index (χ0v) is 8.52. The molecule has 78 valence electrons. The minimum Gasteiger partial charge on any atom is -0.384 e. The molecule has 1 N–H and O–H groups in total. The molecule has 0 spiro atoms. The summed E-state index contributed by atoms with van der Waals surface area (Å²) in [4.78, 5) is 3.59. The molecule has 5 heteroatoms. The van der Waals surface area contributed by atoms with Crippen LogP contribution in [0.4, 0.5) is 8.78 Å². The summed E-state index contributed by atoms with van der Waals surface area (Å²) in [5.41, 5.74) is -2.47.